The number of para-hydroxylation sites is 1. The molecule has 1 aromatic heterocycles. The number of rotatable bonds is 4. The molecule has 0 aliphatic heterocycles. The lowest BCUT2D eigenvalue weighted by Gasteiger charge is -2.07. The Morgan fingerprint density at radius 3 is 2.72 bits per heavy atom. The molecular formula is C14H16N2OS. The van der Waals surface area contributed by atoms with E-state index in [1.54, 1.807) is 11.3 Å². The van der Waals surface area contributed by atoms with Gasteiger partial charge in [-0.05, 0) is 40.4 Å². The van der Waals surface area contributed by atoms with Crippen molar-refractivity contribution >= 4 is 22.9 Å². The van der Waals surface area contributed by atoms with Gasteiger partial charge in [0.1, 0.15) is 0 Å². The molecule has 0 radical (unpaired) electrons. The summed E-state index contributed by atoms with van der Waals surface area (Å²) < 4.78 is 0. The maximum atomic E-state index is 11.8. The van der Waals surface area contributed by atoms with E-state index in [2.05, 4.69) is 16.1 Å². The molecule has 0 aliphatic carbocycles. The number of carbonyl (C=O) groups is 1. The Balaban J connectivity index is 1.90. The number of hydrogen-bond donors (Lipinski definition) is 2. The summed E-state index contributed by atoms with van der Waals surface area (Å²) in [6, 6.07) is 7.45. The second kappa shape index (κ2) is 5.69. The van der Waals surface area contributed by atoms with Crippen LogP contribution in [-0.4, -0.2) is 5.91 Å². The van der Waals surface area contributed by atoms with E-state index in [9.17, 15) is 4.79 Å². The second-order valence-electron chi connectivity index (χ2n) is 4.23. The molecule has 0 spiro atoms. The number of aryl methyl sites for hydroxylation is 1. The molecule has 0 fully saturated rings. The maximum absolute atomic E-state index is 11.8. The Morgan fingerprint density at radius 1 is 1.28 bits per heavy atom. The van der Waals surface area contributed by atoms with Crippen LogP contribution >= 0.6 is 11.3 Å². The lowest BCUT2D eigenvalue weighted by atomic mass is 10.1. The van der Waals surface area contributed by atoms with Crippen molar-refractivity contribution in [2.75, 3.05) is 5.73 Å². The molecule has 3 N–H and O–H groups in total. The van der Waals surface area contributed by atoms with Crippen molar-refractivity contribution in [3.05, 3.63) is 51.7 Å². The molecule has 1 amide bonds. The Morgan fingerprint density at radius 2 is 2.06 bits per heavy atom. The monoisotopic (exact) mass is 260 g/mol. The minimum Gasteiger partial charge on any atom is -0.398 e. The van der Waals surface area contributed by atoms with Crippen LogP contribution in [0.4, 0.5) is 5.69 Å². The third-order valence-electron chi connectivity index (χ3n) is 2.84. The third kappa shape index (κ3) is 3.11. The smallest absolute Gasteiger partial charge is 0.224 e. The predicted molar refractivity (Wildman–Crippen MR) is 75.5 cm³/mol. The summed E-state index contributed by atoms with van der Waals surface area (Å²) in [5.41, 5.74) is 9.74. The van der Waals surface area contributed by atoms with Crippen molar-refractivity contribution in [3.63, 3.8) is 0 Å². The van der Waals surface area contributed by atoms with Crippen LogP contribution in [0.25, 0.3) is 0 Å². The number of hydrogen-bond acceptors (Lipinski definition) is 3. The molecule has 0 saturated carbocycles. The fraction of sp³-hybridized carbons (Fsp3) is 0.214. The van der Waals surface area contributed by atoms with Gasteiger partial charge >= 0.3 is 0 Å². The van der Waals surface area contributed by atoms with Crippen molar-refractivity contribution in [2.24, 2.45) is 0 Å². The molecular weight excluding hydrogens is 244 g/mol. The zero-order valence-corrected chi connectivity index (χ0v) is 11.1. The van der Waals surface area contributed by atoms with Crippen LogP contribution in [0, 0.1) is 6.92 Å². The van der Waals surface area contributed by atoms with Crippen molar-refractivity contribution in [2.45, 2.75) is 19.9 Å². The molecule has 0 atom stereocenters. The van der Waals surface area contributed by atoms with E-state index in [-0.39, 0.29) is 5.91 Å². The highest BCUT2D eigenvalue weighted by atomic mass is 32.1. The third-order valence-corrected chi connectivity index (χ3v) is 3.75. The highest BCUT2D eigenvalue weighted by Crippen LogP contribution is 2.14. The van der Waals surface area contributed by atoms with Crippen LogP contribution in [0.3, 0.4) is 0 Å². The Hall–Kier alpha value is -1.81. The summed E-state index contributed by atoms with van der Waals surface area (Å²) in [7, 11) is 0. The van der Waals surface area contributed by atoms with Gasteiger partial charge in [0.15, 0.2) is 0 Å². The summed E-state index contributed by atoms with van der Waals surface area (Å²) in [6.07, 6.45) is 0.329. The Bertz CT molecular complexity index is 548. The quantitative estimate of drug-likeness (QED) is 0.830. The SMILES string of the molecule is Cc1cscc1CNC(=O)Cc1ccccc1N. The minimum atomic E-state index is -0.00139. The van der Waals surface area contributed by atoms with Crippen LogP contribution in [0.5, 0.6) is 0 Å². The van der Waals surface area contributed by atoms with Gasteiger partial charge in [-0.25, -0.2) is 0 Å². The van der Waals surface area contributed by atoms with E-state index >= 15 is 0 Å². The van der Waals surface area contributed by atoms with E-state index in [0.717, 1.165) is 5.56 Å². The van der Waals surface area contributed by atoms with Crippen molar-refractivity contribution in [3.8, 4) is 0 Å². The van der Waals surface area contributed by atoms with Crippen LogP contribution in [0.1, 0.15) is 16.7 Å². The van der Waals surface area contributed by atoms with Crippen molar-refractivity contribution in [1.29, 1.82) is 0 Å². The highest BCUT2D eigenvalue weighted by Gasteiger charge is 2.06. The summed E-state index contributed by atoms with van der Waals surface area (Å²) in [5.74, 6) is -0.00139. The highest BCUT2D eigenvalue weighted by molar-refractivity contribution is 7.08. The summed E-state index contributed by atoms with van der Waals surface area (Å²) in [6.45, 7) is 2.63. The van der Waals surface area contributed by atoms with Gasteiger partial charge in [-0.15, -0.1) is 0 Å². The number of nitrogens with one attached hydrogen (secondary N) is 1. The molecule has 18 heavy (non-hydrogen) atoms. The number of benzene rings is 1. The second-order valence-corrected chi connectivity index (χ2v) is 4.98. The Kier molecular flexibility index (Phi) is 3.99. The molecule has 0 unspecified atom stereocenters. The molecule has 1 heterocycles. The number of thiophene rings is 1. The van der Waals surface area contributed by atoms with E-state index < -0.39 is 0 Å². The predicted octanol–water partition coefficient (Wildman–Crippen LogP) is 2.50. The Labute approximate surface area is 111 Å². The molecule has 94 valence electrons. The lowest BCUT2D eigenvalue weighted by Crippen LogP contribution is -2.24. The first kappa shape index (κ1) is 12.6. The fourth-order valence-corrected chi connectivity index (χ4v) is 2.55. The molecule has 0 bridgehead atoms. The van der Waals surface area contributed by atoms with E-state index in [1.165, 1.54) is 11.1 Å². The van der Waals surface area contributed by atoms with Gasteiger partial charge in [0, 0.05) is 12.2 Å². The molecule has 1 aromatic carbocycles. The number of nitrogens with two attached hydrogens (primary N) is 1. The zero-order valence-electron chi connectivity index (χ0n) is 10.3. The zero-order chi connectivity index (χ0) is 13.0. The number of anilines is 1. The van der Waals surface area contributed by atoms with Crippen LogP contribution < -0.4 is 11.1 Å². The normalized spacial score (nSPS) is 10.3. The van der Waals surface area contributed by atoms with Crippen LogP contribution in [0.15, 0.2) is 35.0 Å². The van der Waals surface area contributed by atoms with Crippen molar-refractivity contribution < 1.29 is 4.79 Å². The van der Waals surface area contributed by atoms with Gasteiger partial charge in [0.2, 0.25) is 5.91 Å². The van der Waals surface area contributed by atoms with Crippen molar-refractivity contribution in [1.82, 2.24) is 5.32 Å². The number of nitrogen functional groups attached to an aromatic ring is 1. The average Bonchev–Trinajstić information content (AvgIpc) is 2.75. The average molecular weight is 260 g/mol. The molecule has 3 nitrogen and oxygen atoms in total. The topological polar surface area (TPSA) is 55.1 Å². The molecule has 4 heteroatoms. The first-order valence-electron chi connectivity index (χ1n) is 5.78. The van der Waals surface area contributed by atoms with Gasteiger partial charge in [0.25, 0.3) is 0 Å². The van der Waals surface area contributed by atoms with Gasteiger partial charge in [-0.1, -0.05) is 18.2 Å². The van der Waals surface area contributed by atoms with Crippen LogP contribution in [0.2, 0.25) is 0 Å². The van der Waals surface area contributed by atoms with E-state index in [1.807, 2.05) is 31.2 Å². The molecule has 0 saturated heterocycles. The van der Waals surface area contributed by atoms with E-state index in [4.69, 9.17) is 5.73 Å². The number of carbonyl (C=O) groups excluding carboxylic acids is 1. The van der Waals surface area contributed by atoms with Gasteiger partial charge in [-0.2, -0.15) is 11.3 Å². The maximum Gasteiger partial charge on any atom is 0.224 e. The first-order chi connectivity index (χ1) is 8.66. The molecule has 0 aliphatic rings. The standard InChI is InChI=1S/C14H16N2OS/c1-10-8-18-9-12(10)7-16-14(17)6-11-4-2-3-5-13(11)15/h2-5,8-9H,6-7,15H2,1H3,(H,16,17). The summed E-state index contributed by atoms with van der Waals surface area (Å²) >= 11 is 1.65. The molecule has 2 rings (SSSR count). The van der Waals surface area contributed by atoms with Gasteiger partial charge < -0.3 is 11.1 Å². The number of amides is 1. The minimum absolute atomic E-state index is 0.00139. The van der Waals surface area contributed by atoms with Gasteiger partial charge in [-0.3, -0.25) is 4.79 Å². The largest absolute Gasteiger partial charge is 0.398 e. The molecule has 2 aromatic rings. The first-order valence-corrected chi connectivity index (χ1v) is 6.73. The van der Waals surface area contributed by atoms with Gasteiger partial charge in [0.05, 0.1) is 6.42 Å². The van der Waals surface area contributed by atoms with Crippen LogP contribution in [-0.2, 0) is 17.8 Å². The summed E-state index contributed by atoms with van der Waals surface area (Å²) in [5, 5.41) is 7.06. The fourth-order valence-electron chi connectivity index (χ4n) is 1.69. The van der Waals surface area contributed by atoms with E-state index in [0.29, 0.717) is 18.7 Å². The lowest BCUT2D eigenvalue weighted by molar-refractivity contribution is -0.120. The summed E-state index contributed by atoms with van der Waals surface area (Å²) in [4.78, 5) is 11.8.